The summed E-state index contributed by atoms with van der Waals surface area (Å²) in [7, 11) is 0. The summed E-state index contributed by atoms with van der Waals surface area (Å²) in [5, 5.41) is 0. The molecule has 0 N–H and O–H groups in total. The Kier molecular flexibility index (Phi) is 5.82. The Balaban J connectivity index is 3.87. The number of hydrogen-bond donors (Lipinski definition) is 0. The molecular formula is C12H24O2. The van der Waals surface area contributed by atoms with Crippen molar-refractivity contribution in [2.45, 2.75) is 53.9 Å². The fourth-order valence-corrected chi connectivity index (χ4v) is 1.32. The van der Waals surface area contributed by atoms with Gasteiger partial charge in [-0.25, -0.2) is 0 Å². The zero-order valence-electron chi connectivity index (χ0n) is 10.2. The second kappa shape index (κ2) is 6.05. The van der Waals surface area contributed by atoms with Crippen molar-refractivity contribution in [3.63, 3.8) is 0 Å². The Morgan fingerprint density at radius 3 is 2.36 bits per heavy atom. The Morgan fingerprint density at radius 2 is 1.93 bits per heavy atom. The van der Waals surface area contributed by atoms with Crippen LogP contribution < -0.4 is 0 Å². The molecule has 0 aliphatic rings. The summed E-state index contributed by atoms with van der Waals surface area (Å²) < 4.78 is 5.27. The third-order valence-corrected chi connectivity index (χ3v) is 2.55. The van der Waals surface area contributed by atoms with Crippen LogP contribution in [0.25, 0.3) is 0 Å². The van der Waals surface area contributed by atoms with E-state index < -0.39 is 0 Å². The van der Waals surface area contributed by atoms with E-state index in [9.17, 15) is 4.79 Å². The average Bonchev–Trinajstić information content (AvgIpc) is 2.13. The van der Waals surface area contributed by atoms with Crippen LogP contribution in [0.5, 0.6) is 0 Å². The highest BCUT2D eigenvalue weighted by molar-refractivity contribution is 5.71. The Morgan fingerprint density at radius 1 is 1.36 bits per heavy atom. The first-order chi connectivity index (χ1) is 6.43. The molecule has 0 heterocycles. The molecule has 2 nitrogen and oxygen atoms in total. The molecule has 2 heteroatoms. The minimum absolute atomic E-state index is 0.0347. The van der Waals surface area contributed by atoms with Gasteiger partial charge in [-0.05, 0) is 18.3 Å². The lowest BCUT2D eigenvalue weighted by molar-refractivity contribution is -0.151. The van der Waals surface area contributed by atoms with E-state index in [1.165, 1.54) is 0 Å². The lowest BCUT2D eigenvalue weighted by Gasteiger charge is -2.24. The van der Waals surface area contributed by atoms with E-state index in [2.05, 4.69) is 20.8 Å². The molecule has 0 amide bonds. The van der Waals surface area contributed by atoms with Crippen LogP contribution in [0.3, 0.4) is 0 Å². The molecule has 0 radical (unpaired) electrons. The summed E-state index contributed by atoms with van der Waals surface area (Å²) in [5.41, 5.74) is 0.123. The molecule has 0 saturated heterocycles. The van der Waals surface area contributed by atoms with Gasteiger partial charge >= 0.3 is 5.97 Å². The van der Waals surface area contributed by atoms with Crippen LogP contribution in [-0.2, 0) is 9.53 Å². The number of esters is 1. The Labute approximate surface area is 88.0 Å². The molecule has 84 valence electrons. The molecule has 0 aromatic carbocycles. The van der Waals surface area contributed by atoms with E-state index in [1.54, 1.807) is 0 Å². The number of carbonyl (C=O) groups is 1. The van der Waals surface area contributed by atoms with E-state index in [0.717, 1.165) is 19.3 Å². The minimum atomic E-state index is -0.0586. The van der Waals surface area contributed by atoms with Gasteiger partial charge in [0.15, 0.2) is 0 Å². The molecule has 0 spiro atoms. The molecule has 0 unspecified atom stereocenters. The molecule has 0 bridgehead atoms. The van der Waals surface area contributed by atoms with Crippen molar-refractivity contribution in [3.8, 4) is 0 Å². The maximum Gasteiger partial charge on any atom is 0.308 e. The van der Waals surface area contributed by atoms with E-state index in [-0.39, 0.29) is 17.3 Å². The standard InChI is InChI=1S/C12H24O2/c1-6-8-12(4,5)9-14-11(13)10(3)7-2/h10H,6-9H2,1-5H3/t10-/m1/s1. The third kappa shape index (κ3) is 5.25. The predicted molar refractivity (Wildman–Crippen MR) is 59.1 cm³/mol. The summed E-state index contributed by atoms with van der Waals surface area (Å²) in [4.78, 5) is 11.4. The normalized spacial score (nSPS) is 13.8. The van der Waals surface area contributed by atoms with Crippen molar-refractivity contribution < 1.29 is 9.53 Å². The average molecular weight is 200 g/mol. The number of ether oxygens (including phenoxy) is 1. The number of carbonyl (C=O) groups excluding carboxylic acids is 1. The highest BCUT2D eigenvalue weighted by atomic mass is 16.5. The van der Waals surface area contributed by atoms with Gasteiger partial charge in [0, 0.05) is 0 Å². The summed E-state index contributed by atoms with van der Waals surface area (Å²) in [6.07, 6.45) is 3.09. The molecule has 0 fully saturated rings. The van der Waals surface area contributed by atoms with Gasteiger partial charge in [-0.15, -0.1) is 0 Å². The number of hydrogen-bond acceptors (Lipinski definition) is 2. The van der Waals surface area contributed by atoms with Crippen LogP contribution in [0.15, 0.2) is 0 Å². The van der Waals surface area contributed by atoms with E-state index in [0.29, 0.717) is 6.61 Å². The Bertz CT molecular complexity index is 173. The van der Waals surface area contributed by atoms with E-state index >= 15 is 0 Å². The van der Waals surface area contributed by atoms with Crippen LogP contribution in [0.2, 0.25) is 0 Å². The van der Waals surface area contributed by atoms with Crippen molar-refractivity contribution in [3.05, 3.63) is 0 Å². The zero-order valence-corrected chi connectivity index (χ0v) is 10.2. The molecule has 0 aliphatic heterocycles. The fourth-order valence-electron chi connectivity index (χ4n) is 1.32. The summed E-state index contributed by atoms with van der Waals surface area (Å²) in [5.74, 6) is -0.0240. The quantitative estimate of drug-likeness (QED) is 0.614. The molecule has 14 heavy (non-hydrogen) atoms. The van der Waals surface area contributed by atoms with Crippen molar-refractivity contribution in [2.75, 3.05) is 6.61 Å². The van der Waals surface area contributed by atoms with Crippen molar-refractivity contribution in [2.24, 2.45) is 11.3 Å². The first kappa shape index (κ1) is 13.5. The SMILES string of the molecule is CCCC(C)(C)COC(=O)[C@H](C)CC. The topological polar surface area (TPSA) is 26.3 Å². The summed E-state index contributed by atoms with van der Waals surface area (Å²) in [6, 6.07) is 0. The van der Waals surface area contributed by atoms with Crippen molar-refractivity contribution in [1.29, 1.82) is 0 Å². The molecular weight excluding hydrogens is 176 g/mol. The molecule has 0 rings (SSSR count). The van der Waals surface area contributed by atoms with Crippen molar-refractivity contribution in [1.82, 2.24) is 0 Å². The molecule has 0 aliphatic carbocycles. The van der Waals surface area contributed by atoms with Crippen LogP contribution >= 0.6 is 0 Å². The van der Waals surface area contributed by atoms with Crippen LogP contribution in [-0.4, -0.2) is 12.6 Å². The highest BCUT2D eigenvalue weighted by Crippen LogP contribution is 2.22. The fraction of sp³-hybridized carbons (Fsp3) is 0.917. The van der Waals surface area contributed by atoms with Gasteiger partial charge in [0.1, 0.15) is 0 Å². The van der Waals surface area contributed by atoms with Crippen molar-refractivity contribution >= 4 is 5.97 Å². The van der Waals surface area contributed by atoms with E-state index in [4.69, 9.17) is 4.74 Å². The van der Waals surface area contributed by atoms with Crippen LogP contribution in [0.4, 0.5) is 0 Å². The van der Waals surface area contributed by atoms with Gasteiger partial charge in [-0.2, -0.15) is 0 Å². The largest absolute Gasteiger partial charge is 0.465 e. The van der Waals surface area contributed by atoms with Gasteiger partial charge in [-0.3, -0.25) is 4.79 Å². The van der Waals surface area contributed by atoms with Gasteiger partial charge in [0.25, 0.3) is 0 Å². The third-order valence-electron chi connectivity index (χ3n) is 2.55. The van der Waals surface area contributed by atoms with Gasteiger partial charge in [0.05, 0.1) is 12.5 Å². The highest BCUT2D eigenvalue weighted by Gasteiger charge is 2.20. The molecule has 0 aromatic heterocycles. The molecule has 0 aromatic rings. The van der Waals surface area contributed by atoms with Gasteiger partial charge < -0.3 is 4.74 Å². The number of rotatable bonds is 6. The maximum atomic E-state index is 11.4. The second-order valence-corrected chi connectivity index (χ2v) is 4.83. The van der Waals surface area contributed by atoms with Gasteiger partial charge in [0.2, 0.25) is 0 Å². The van der Waals surface area contributed by atoms with E-state index in [1.807, 2.05) is 13.8 Å². The van der Waals surface area contributed by atoms with Crippen LogP contribution in [0.1, 0.15) is 53.9 Å². The first-order valence-corrected chi connectivity index (χ1v) is 5.59. The molecule has 1 atom stereocenters. The van der Waals surface area contributed by atoms with Gasteiger partial charge in [-0.1, -0.05) is 41.0 Å². The second-order valence-electron chi connectivity index (χ2n) is 4.83. The minimum Gasteiger partial charge on any atom is -0.465 e. The first-order valence-electron chi connectivity index (χ1n) is 5.59. The molecule has 0 saturated carbocycles. The maximum absolute atomic E-state index is 11.4. The van der Waals surface area contributed by atoms with Crippen LogP contribution in [0, 0.1) is 11.3 Å². The lowest BCUT2D eigenvalue weighted by Crippen LogP contribution is -2.24. The Hall–Kier alpha value is -0.530. The zero-order chi connectivity index (χ0) is 11.2. The predicted octanol–water partition coefficient (Wildman–Crippen LogP) is 3.40. The summed E-state index contributed by atoms with van der Waals surface area (Å²) >= 11 is 0. The lowest BCUT2D eigenvalue weighted by atomic mass is 9.89. The smallest absolute Gasteiger partial charge is 0.308 e. The monoisotopic (exact) mass is 200 g/mol. The summed E-state index contributed by atoms with van der Waals surface area (Å²) in [6.45, 7) is 10.9.